The van der Waals surface area contributed by atoms with Crippen molar-refractivity contribution >= 4 is 11.6 Å². The molecule has 2 atom stereocenters. The van der Waals surface area contributed by atoms with Gasteiger partial charge in [-0.05, 0) is 50.4 Å². The fourth-order valence-electron chi connectivity index (χ4n) is 2.61. The van der Waals surface area contributed by atoms with Gasteiger partial charge in [-0.2, -0.15) is 0 Å². The molecule has 1 heterocycles. The number of amides is 1. The van der Waals surface area contributed by atoms with Gasteiger partial charge < -0.3 is 20.5 Å². The smallest absolute Gasteiger partial charge is 0.268 e. The minimum absolute atomic E-state index is 0.0129. The maximum absolute atomic E-state index is 12.3. The van der Waals surface area contributed by atoms with Gasteiger partial charge in [-0.25, -0.2) is 0 Å². The zero-order valence-electron chi connectivity index (χ0n) is 12.7. The molecule has 3 N–H and O–H groups in total. The second-order valence-electron chi connectivity index (χ2n) is 5.27. The van der Waals surface area contributed by atoms with Crippen LogP contribution in [0.3, 0.4) is 0 Å². The lowest BCUT2D eigenvalue weighted by Gasteiger charge is -2.34. The summed E-state index contributed by atoms with van der Waals surface area (Å²) in [6, 6.07) is 5.55. The zero-order chi connectivity index (χ0) is 15.4. The molecule has 5 heteroatoms. The number of carbonyl (C=O) groups excluding carboxylic acids is 1. The molecule has 116 valence electrons. The number of anilines is 1. The number of likely N-dealkylation sites (N-methyl/N-ethyl adjacent to an activating group) is 1. The van der Waals surface area contributed by atoms with Crippen LogP contribution in [0.4, 0.5) is 5.69 Å². The van der Waals surface area contributed by atoms with Gasteiger partial charge in [0.25, 0.3) is 5.91 Å². The van der Waals surface area contributed by atoms with Crippen molar-refractivity contribution in [3.63, 3.8) is 0 Å². The summed E-state index contributed by atoms with van der Waals surface area (Å²) < 4.78 is 5.75. The maximum atomic E-state index is 12.3. The summed E-state index contributed by atoms with van der Waals surface area (Å²) in [5.74, 6) is 0.694. The van der Waals surface area contributed by atoms with E-state index in [1.54, 1.807) is 4.90 Å². The highest BCUT2D eigenvalue weighted by molar-refractivity contribution is 6.00. The zero-order valence-corrected chi connectivity index (χ0v) is 12.7. The average Bonchev–Trinajstić information content (AvgIpc) is 2.51. The lowest BCUT2D eigenvalue weighted by Crippen LogP contribution is -2.45. The van der Waals surface area contributed by atoms with Crippen molar-refractivity contribution < 1.29 is 14.6 Å². The second kappa shape index (κ2) is 6.91. The van der Waals surface area contributed by atoms with Crippen LogP contribution >= 0.6 is 0 Å². The number of hydrogen-bond acceptors (Lipinski definition) is 4. The third kappa shape index (κ3) is 3.19. The predicted octanol–water partition coefficient (Wildman–Crippen LogP) is 1.98. The highest BCUT2D eigenvalue weighted by atomic mass is 16.5. The summed E-state index contributed by atoms with van der Waals surface area (Å²) in [5.41, 5.74) is 7.02. The molecule has 1 aliphatic heterocycles. The van der Waals surface area contributed by atoms with Gasteiger partial charge in [-0.3, -0.25) is 4.79 Å². The molecule has 0 aromatic heterocycles. The Kier molecular flexibility index (Phi) is 5.20. The van der Waals surface area contributed by atoms with Gasteiger partial charge in [-0.1, -0.05) is 13.0 Å². The van der Waals surface area contributed by atoms with E-state index in [0.29, 0.717) is 31.7 Å². The Morgan fingerprint density at radius 1 is 1.43 bits per heavy atom. The van der Waals surface area contributed by atoms with Crippen LogP contribution in [0.15, 0.2) is 18.2 Å². The molecule has 21 heavy (non-hydrogen) atoms. The van der Waals surface area contributed by atoms with E-state index >= 15 is 0 Å². The summed E-state index contributed by atoms with van der Waals surface area (Å²) in [5, 5.41) is 10.2. The SMILES string of the molecule is CCC1Oc2ccc(C(O)CCCN)cc2N(CC)C1=O. The molecule has 1 aromatic rings. The Labute approximate surface area is 125 Å². The van der Waals surface area contributed by atoms with Gasteiger partial charge in [0.1, 0.15) is 5.75 Å². The van der Waals surface area contributed by atoms with Crippen LogP contribution < -0.4 is 15.4 Å². The monoisotopic (exact) mass is 292 g/mol. The van der Waals surface area contributed by atoms with Crippen molar-refractivity contribution in [2.45, 2.75) is 45.3 Å². The van der Waals surface area contributed by atoms with Gasteiger partial charge in [0.05, 0.1) is 11.8 Å². The number of aliphatic hydroxyl groups is 1. The number of ether oxygens (including phenoxy) is 1. The van der Waals surface area contributed by atoms with Crippen molar-refractivity contribution in [1.82, 2.24) is 0 Å². The summed E-state index contributed by atoms with van der Waals surface area (Å²) in [4.78, 5) is 14.1. The van der Waals surface area contributed by atoms with Crippen LogP contribution in [-0.2, 0) is 4.79 Å². The third-order valence-electron chi connectivity index (χ3n) is 3.84. The molecule has 5 nitrogen and oxygen atoms in total. The van der Waals surface area contributed by atoms with Crippen molar-refractivity contribution in [2.75, 3.05) is 18.0 Å². The lowest BCUT2D eigenvalue weighted by atomic mass is 10.0. The normalized spacial score (nSPS) is 19.1. The molecule has 0 aliphatic carbocycles. The summed E-state index contributed by atoms with van der Waals surface area (Å²) in [6.07, 6.45) is 1.06. The highest BCUT2D eigenvalue weighted by Crippen LogP contribution is 2.37. The van der Waals surface area contributed by atoms with Crippen molar-refractivity contribution in [2.24, 2.45) is 5.73 Å². The number of rotatable bonds is 6. The van der Waals surface area contributed by atoms with Gasteiger partial charge in [-0.15, -0.1) is 0 Å². The van der Waals surface area contributed by atoms with E-state index in [4.69, 9.17) is 10.5 Å². The van der Waals surface area contributed by atoms with E-state index in [2.05, 4.69) is 0 Å². The van der Waals surface area contributed by atoms with E-state index in [9.17, 15) is 9.90 Å². The fraction of sp³-hybridized carbons (Fsp3) is 0.562. The van der Waals surface area contributed by atoms with Gasteiger partial charge >= 0.3 is 0 Å². The number of nitrogens with two attached hydrogens (primary N) is 1. The molecular weight excluding hydrogens is 268 g/mol. The van der Waals surface area contributed by atoms with Crippen LogP contribution in [0.5, 0.6) is 5.75 Å². The molecule has 0 bridgehead atoms. The third-order valence-corrected chi connectivity index (χ3v) is 3.84. The number of hydrogen-bond donors (Lipinski definition) is 2. The quantitative estimate of drug-likeness (QED) is 0.840. The molecule has 2 unspecified atom stereocenters. The van der Waals surface area contributed by atoms with E-state index in [-0.39, 0.29) is 5.91 Å². The second-order valence-corrected chi connectivity index (χ2v) is 5.27. The van der Waals surface area contributed by atoms with Crippen LogP contribution in [-0.4, -0.2) is 30.2 Å². The standard InChI is InChI=1S/C16H24N2O3/c1-3-14-16(20)18(4-2)12-10-11(7-8-15(12)21-14)13(19)6-5-9-17/h7-8,10,13-14,19H,3-6,9,17H2,1-2H3. The van der Waals surface area contributed by atoms with Crippen molar-refractivity contribution in [3.8, 4) is 5.75 Å². The molecule has 0 fully saturated rings. The maximum Gasteiger partial charge on any atom is 0.268 e. The minimum Gasteiger partial charge on any atom is -0.478 e. The molecule has 1 aromatic carbocycles. The molecule has 0 saturated heterocycles. The summed E-state index contributed by atoms with van der Waals surface area (Å²) in [6.45, 7) is 5.03. The fourth-order valence-corrected chi connectivity index (χ4v) is 2.61. The molecule has 0 spiro atoms. The van der Waals surface area contributed by atoms with Crippen molar-refractivity contribution in [1.29, 1.82) is 0 Å². The van der Waals surface area contributed by atoms with Gasteiger partial charge in [0, 0.05) is 6.54 Å². The Balaban J connectivity index is 2.30. The van der Waals surface area contributed by atoms with Crippen LogP contribution in [0.2, 0.25) is 0 Å². The van der Waals surface area contributed by atoms with Crippen LogP contribution in [0.25, 0.3) is 0 Å². The number of carbonyl (C=O) groups is 1. The van der Waals surface area contributed by atoms with E-state index < -0.39 is 12.2 Å². The average molecular weight is 292 g/mol. The molecule has 0 radical (unpaired) electrons. The van der Waals surface area contributed by atoms with Gasteiger partial charge in [0.2, 0.25) is 0 Å². The highest BCUT2D eigenvalue weighted by Gasteiger charge is 2.32. The molecule has 2 rings (SSSR count). The Hall–Kier alpha value is -1.59. The Morgan fingerprint density at radius 3 is 2.81 bits per heavy atom. The molecule has 0 saturated carbocycles. The van der Waals surface area contributed by atoms with E-state index in [1.165, 1.54) is 0 Å². The first kappa shape index (κ1) is 15.8. The van der Waals surface area contributed by atoms with Crippen LogP contribution in [0, 0.1) is 0 Å². The number of benzene rings is 1. The summed E-state index contributed by atoms with van der Waals surface area (Å²) >= 11 is 0. The molecule has 1 aliphatic rings. The Bertz CT molecular complexity index is 504. The topological polar surface area (TPSA) is 75.8 Å². The van der Waals surface area contributed by atoms with E-state index in [0.717, 1.165) is 17.7 Å². The minimum atomic E-state index is -0.559. The van der Waals surface area contributed by atoms with Gasteiger partial charge in [0.15, 0.2) is 6.10 Å². The lowest BCUT2D eigenvalue weighted by molar-refractivity contribution is -0.126. The van der Waals surface area contributed by atoms with Crippen LogP contribution in [0.1, 0.15) is 44.8 Å². The summed E-state index contributed by atoms with van der Waals surface area (Å²) in [7, 11) is 0. The molecular formula is C16H24N2O3. The first-order chi connectivity index (χ1) is 10.1. The first-order valence-corrected chi connectivity index (χ1v) is 7.62. The van der Waals surface area contributed by atoms with E-state index in [1.807, 2.05) is 32.0 Å². The molecule has 1 amide bonds. The van der Waals surface area contributed by atoms with Crippen molar-refractivity contribution in [3.05, 3.63) is 23.8 Å². The number of fused-ring (bicyclic) bond motifs is 1. The number of aliphatic hydroxyl groups excluding tert-OH is 1. The first-order valence-electron chi connectivity index (χ1n) is 7.62. The largest absolute Gasteiger partial charge is 0.478 e. The Morgan fingerprint density at radius 2 is 2.19 bits per heavy atom. The number of nitrogens with zero attached hydrogens (tertiary/aromatic N) is 1. The predicted molar refractivity (Wildman–Crippen MR) is 82.4 cm³/mol.